The van der Waals surface area contributed by atoms with Gasteiger partial charge in [-0.05, 0) is 41.3 Å². The number of alkyl halides is 13. The third-order valence-corrected chi connectivity index (χ3v) is 5.33. The Bertz CT molecular complexity index is 1180. The highest BCUT2D eigenvalue weighted by Crippen LogP contribution is 2.62. The summed E-state index contributed by atoms with van der Waals surface area (Å²) in [4.78, 5) is 11.2. The molecule has 0 unspecified atom stereocenters. The number of esters is 1. The van der Waals surface area contributed by atoms with Crippen LogP contribution < -0.4 is 4.74 Å². The Balaban J connectivity index is 2.55. The van der Waals surface area contributed by atoms with Crippen molar-refractivity contribution in [2.75, 3.05) is 0 Å². The zero-order valence-corrected chi connectivity index (χ0v) is 18.8. The van der Waals surface area contributed by atoms with E-state index < -0.39 is 47.3 Å². The second-order valence-corrected chi connectivity index (χ2v) is 7.74. The molecule has 0 heterocycles. The summed E-state index contributed by atoms with van der Waals surface area (Å²) in [6.45, 7) is 4.47. The molecule has 0 amide bonds. The second kappa shape index (κ2) is 9.80. The van der Waals surface area contributed by atoms with Crippen LogP contribution in [-0.2, 0) is 17.1 Å². The third kappa shape index (κ3) is 4.82. The van der Waals surface area contributed by atoms with Crippen molar-refractivity contribution in [3.05, 3.63) is 66.2 Å². The minimum Gasteiger partial charge on any atom is -0.423 e. The molecular formula is C23H15F13O2. The van der Waals surface area contributed by atoms with Crippen LogP contribution >= 0.6 is 0 Å². The van der Waals surface area contributed by atoms with Crippen LogP contribution in [0.15, 0.2) is 55.1 Å². The van der Waals surface area contributed by atoms with Gasteiger partial charge >= 0.3 is 41.8 Å². The predicted molar refractivity (Wildman–Crippen MR) is 107 cm³/mol. The number of halogens is 13. The largest absolute Gasteiger partial charge is 0.460 e. The van der Waals surface area contributed by atoms with Gasteiger partial charge in [-0.1, -0.05) is 37.8 Å². The highest BCUT2D eigenvalue weighted by molar-refractivity contribution is 5.83. The number of ether oxygens (including phenoxy) is 1. The SMILES string of the molecule is C=CC(=O)Oc1ccc(-c2ccc(C(F)(F)C(F)(F)C(F)(F)C(F)(F)C(F)(F)C(F)(F)F)cc2CC)cc1. The molecule has 38 heavy (non-hydrogen) atoms. The van der Waals surface area contributed by atoms with E-state index in [0.717, 1.165) is 6.08 Å². The van der Waals surface area contributed by atoms with Gasteiger partial charge in [0.25, 0.3) is 0 Å². The van der Waals surface area contributed by atoms with Crippen molar-refractivity contribution in [1.29, 1.82) is 0 Å². The summed E-state index contributed by atoms with van der Waals surface area (Å²) >= 11 is 0. The van der Waals surface area contributed by atoms with Crippen LogP contribution in [0.1, 0.15) is 18.1 Å². The average Bonchev–Trinajstić information content (AvgIpc) is 2.82. The molecule has 0 saturated heterocycles. The van der Waals surface area contributed by atoms with E-state index in [-0.39, 0.29) is 41.0 Å². The first-order valence-electron chi connectivity index (χ1n) is 10.1. The Morgan fingerprint density at radius 3 is 1.71 bits per heavy atom. The summed E-state index contributed by atoms with van der Waals surface area (Å²) in [5, 5.41) is 0. The Morgan fingerprint density at radius 1 is 0.763 bits per heavy atom. The number of carbonyl (C=O) groups is 1. The van der Waals surface area contributed by atoms with Crippen LogP contribution in [0.5, 0.6) is 5.75 Å². The zero-order chi connectivity index (χ0) is 29.5. The first-order chi connectivity index (χ1) is 17.1. The quantitative estimate of drug-likeness (QED) is 0.132. The molecule has 0 bridgehead atoms. The van der Waals surface area contributed by atoms with E-state index in [1.807, 2.05) is 0 Å². The van der Waals surface area contributed by atoms with Crippen molar-refractivity contribution in [2.45, 2.75) is 49.1 Å². The molecule has 2 rings (SSSR count). The van der Waals surface area contributed by atoms with E-state index in [9.17, 15) is 61.9 Å². The Labute approximate surface area is 205 Å². The lowest BCUT2D eigenvalue weighted by atomic mass is 9.88. The minimum absolute atomic E-state index is 0.0123. The highest BCUT2D eigenvalue weighted by atomic mass is 19.4. The lowest BCUT2D eigenvalue weighted by Crippen LogP contribution is -2.69. The normalized spacial score (nSPS) is 13.8. The fourth-order valence-electron chi connectivity index (χ4n) is 3.17. The Kier molecular flexibility index (Phi) is 7.99. The number of aryl methyl sites for hydroxylation is 1. The first kappa shape index (κ1) is 31.0. The maximum absolute atomic E-state index is 14.6. The van der Waals surface area contributed by atoms with Crippen LogP contribution in [0.2, 0.25) is 0 Å². The van der Waals surface area contributed by atoms with Crippen LogP contribution in [0, 0.1) is 0 Å². The molecule has 0 N–H and O–H groups in total. The van der Waals surface area contributed by atoms with Gasteiger partial charge < -0.3 is 4.74 Å². The van der Waals surface area contributed by atoms with Gasteiger partial charge in [-0.3, -0.25) is 0 Å². The summed E-state index contributed by atoms with van der Waals surface area (Å²) in [5.41, 5.74) is -2.06. The van der Waals surface area contributed by atoms with Gasteiger partial charge in [-0.2, -0.15) is 57.1 Å². The third-order valence-electron chi connectivity index (χ3n) is 5.33. The fraction of sp³-hybridized carbons (Fsp3) is 0.348. The average molecular weight is 570 g/mol. The number of benzene rings is 2. The van der Waals surface area contributed by atoms with Crippen molar-refractivity contribution < 1.29 is 66.6 Å². The number of hydrogen-bond donors (Lipinski definition) is 0. The van der Waals surface area contributed by atoms with E-state index in [0.29, 0.717) is 6.07 Å². The standard InChI is InChI=1S/C23H15F13O2/c1-3-12-11-14(7-10-16(12)13-5-8-15(9-6-13)38-17(37)4-2)18(24,25)19(26,27)20(28,29)21(30,31)22(32,33)23(34,35)36/h4-11H,2-3H2,1H3. The first-order valence-corrected chi connectivity index (χ1v) is 10.1. The molecule has 15 heteroatoms. The topological polar surface area (TPSA) is 26.3 Å². The summed E-state index contributed by atoms with van der Waals surface area (Å²) in [7, 11) is 0. The molecule has 0 fully saturated rings. The molecule has 2 nitrogen and oxygen atoms in total. The lowest BCUT2D eigenvalue weighted by Gasteiger charge is -2.39. The van der Waals surface area contributed by atoms with Gasteiger partial charge in [0.05, 0.1) is 0 Å². The van der Waals surface area contributed by atoms with E-state index in [1.54, 1.807) is 0 Å². The minimum atomic E-state index is -7.96. The molecular weight excluding hydrogens is 555 g/mol. The van der Waals surface area contributed by atoms with Gasteiger partial charge in [0.1, 0.15) is 5.75 Å². The van der Waals surface area contributed by atoms with E-state index in [4.69, 9.17) is 4.74 Å². The van der Waals surface area contributed by atoms with Gasteiger partial charge in [0.15, 0.2) is 0 Å². The molecule has 0 atom stereocenters. The summed E-state index contributed by atoms with van der Waals surface area (Å²) < 4.78 is 180. The Morgan fingerprint density at radius 2 is 1.26 bits per heavy atom. The molecule has 0 aliphatic rings. The van der Waals surface area contributed by atoms with E-state index >= 15 is 0 Å². The van der Waals surface area contributed by atoms with Crippen molar-refractivity contribution in [1.82, 2.24) is 0 Å². The summed E-state index contributed by atoms with van der Waals surface area (Å²) in [6, 6.07) is 6.02. The smallest absolute Gasteiger partial charge is 0.423 e. The van der Waals surface area contributed by atoms with Crippen LogP contribution in [0.3, 0.4) is 0 Å². The fourth-order valence-corrected chi connectivity index (χ4v) is 3.17. The molecule has 0 aliphatic carbocycles. The molecule has 2 aromatic rings. The highest BCUT2D eigenvalue weighted by Gasteiger charge is 2.90. The van der Waals surface area contributed by atoms with Crippen molar-refractivity contribution in [3.8, 4) is 16.9 Å². The molecule has 0 saturated carbocycles. The number of carbonyl (C=O) groups excluding carboxylic acids is 1. The Hall–Kier alpha value is -3.26. The van der Waals surface area contributed by atoms with Gasteiger partial charge in [0, 0.05) is 11.6 Å². The number of rotatable bonds is 9. The molecule has 0 spiro atoms. The van der Waals surface area contributed by atoms with E-state index in [1.165, 1.54) is 31.2 Å². The summed E-state index contributed by atoms with van der Waals surface area (Å²) in [6.07, 6.45) is -6.86. The van der Waals surface area contributed by atoms with E-state index in [2.05, 4.69) is 6.58 Å². The molecule has 0 aliphatic heterocycles. The second-order valence-electron chi connectivity index (χ2n) is 7.74. The van der Waals surface area contributed by atoms with Gasteiger partial charge in [-0.25, -0.2) is 4.79 Å². The van der Waals surface area contributed by atoms with Gasteiger partial charge in [-0.15, -0.1) is 0 Å². The monoisotopic (exact) mass is 570 g/mol. The molecule has 0 radical (unpaired) electrons. The predicted octanol–water partition coefficient (Wildman–Crippen LogP) is 8.20. The number of hydrogen-bond acceptors (Lipinski definition) is 2. The maximum atomic E-state index is 14.6. The zero-order valence-electron chi connectivity index (χ0n) is 18.8. The van der Waals surface area contributed by atoms with Crippen LogP contribution in [0.25, 0.3) is 11.1 Å². The van der Waals surface area contributed by atoms with Crippen molar-refractivity contribution in [2.24, 2.45) is 0 Å². The summed E-state index contributed by atoms with van der Waals surface area (Å²) in [5.74, 6) is -38.2. The van der Waals surface area contributed by atoms with Gasteiger partial charge in [0.2, 0.25) is 0 Å². The molecule has 2 aromatic carbocycles. The van der Waals surface area contributed by atoms with Crippen LogP contribution in [0.4, 0.5) is 57.1 Å². The van der Waals surface area contributed by atoms with Crippen molar-refractivity contribution >= 4 is 5.97 Å². The van der Waals surface area contributed by atoms with Crippen LogP contribution in [-0.4, -0.2) is 35.8 Å². The molecule has 0 aromatic heterocycles. The van der Waals surface area contributed by atoms with Crippen molar-refractivity contribution in [3.63, 3.8) is 0 Å². The maximum Gasteiger partial charge on any atom is 0.460 e. The lowest BCUT2D eigenvalue weighted by molar-refractivity contribution is -0.441. The molecule has 210 valence electrons.